The second kappa shape index (κ2) is 11.7. The van der Waals surface area contributed by atoms with E-state index >= 15 is 0 Å². The van der Waals surface area contributed by atoms with Crippen LogP contribution in [0.5, 0.6) is 5.88 Å². The highest BCUT2D eigenvalue weighted by Crippen LogP contribution is 2.32. The Bertz CT molecular complexity index is 1520. The molecule has 39 heavy (non-hydrogen) atoms. The fraction of sp³-hybridized carbons (Fsp3) is 0.179. The number of ether oxygens (including phenoxy) is 2. The lowest BCUT2D eigenvalue weighted by Gasteiger charge is -2.25. The van der Waals surface area contributed by atoms with E-state index in [-0.39, 0.29) is 29.4 Å². The number of aliphatic carboxylic acids is 1. The first-order valence-corrected chi connectivity index (χ1v) is 12.1. The Labute approximate surface area is 228 Å². The summed E-state index contributed by atoms with van der Waals surface area (Å²) in [7, 11) is 0. The van der Waals surface area contributed by atoms with E-state index in [2.05, 4.69) is 15.5 Å². The van der Waals surface area contributed by atoms with Crippen LogP contribution in [0.25, 0.3) is 11.3 Å². The molecule has 0 radical (unpaired) electrons. The number of nitriles is 1. The SMILES string of the molecule is CC(OC(=O)Nc1c(-c2ccc(OC(C)(Cc3ccccc3)C(=O)O)nc2)noc1C#N)c1ccccc1Cl. The number of benzene rings is 2. The van der Waals surface area contributed by atoms with E-state index in [9.17, 15) is 20.0 Å². The topological polar surface area (TPSA) is 148 Å². The lowest BCUT2D eigenvalue weighted by atomic mass is 9.96. The number of carboxylic acid groups (broad SMARTS) is 1. The molecule has 2 aromatic heterocycles. The summed E-state index contributed by atoms with van der Waals surface area (Å²) in [6, 6.07) is 20.9. The molecule has 0 aliphatic heterocycles. The first kappa shape index (κ1) is 27.2. The fourth-order valence-corrected chi connectivity index (χ4v) is 4.08. The van der Waals surface area contributed by atoms with Crippen molar-refractivity contribution in [2.45, 2.75) is 32.0 Å². The molecule has 2 atom stereocenters. The maximum atomic E-state index is 12.6. The molecule has 2 heterocycles. The van der Waals surface area contributed by atoms with Crippen LogP contribution in [-0.4, -0.2) is 32.9 Å². The normalized spacial score (nSPS) is 13.0. The summed E-state index contributed by atoms with van der Waals surface area (Å²) in [6.07, 6.45) is -0.0498. The van der Waals surface area contributed by atoms with Gasteiger partial charge < -0.3 is 19.1 Å². The third kappa shape index (κ3) is 6.34. The molecule has 10 nitrogen and oxygen atoms in total. The molecule has 2 N–H and O–H groups in total. The number of pyridine rings is 1. The second-order valence-electron chi connectivity index (χ2n) is 8.73. The Kier molecular flexibility index (Phi) is 8.13. The van der Waals surface area contributed by atoms with E-state index in [1.165, 1.54) is 19.2 Å². The summed E-state index contributed by atoms with van der Waals surface area (Å²) in [5, 5.41) is 26.1. The zero-order valence-electron chi connectivity index (χ0n) is 20.9. The van der Waals surface area contributed by atoms with Gasteiger partial charge in [0, 0.05) is 34.8 Å². The molecule has 0 aliphatic carbocycles. The van der Waals surface area contributed by atoms with Crippen molar-refractivity contribution in [3.8, 4) is 23.2 Å². The van der Waals surface area contributed by atoms with Gasteiger partial charge in [-0.3, -0.25) is 5.32 Å². The maximum Gasteiger partial charge on any atom is 0.412 e. The number of amides is 1. The minimum Gasteiger partial charge on any atom is -0.478 e. The van der Waals surface area contributed by atoms with Crippen LogP contribution in [-0.2, 0) is 16.0 Å². The van der Waals surface area contributed by atoms with Gasteiger partial charge in [0.15, 0.2) is 0 Å². The van der Waals surface area contributed by atoms with E-state index < -0.39 is 23.8 Å². The van der Waals surface area contributed by atoms with Crippen LogP contribution in [0.1, 0.15) is 36.8 Å². The van der Waals surface area contributed by atoms with Crippen molar-refractivity contribution < 1.29 is 28.7 Å². The van der Waals surface area contributed by atoms with Crippen molar-refractivity contribution in [1.29, 1.82) is 5.26 Å². The third-order valence-electron chi connectivity index (χ3n) is 5.82. The van der Waals surface area contributed by atoms with Crippen LogP contribution in [0, 0.1) is 11.3 Å². The number of halogens is 1. The molecule has 1 amide bonds. The third-order valence-corrected chi connectivity index (χ3v) is 6.17. The first-order valence-electron chi connectivity index (χ1n) is 11.7. The highest BCUT2D eigenvalue weighted by atomic mass is 35.5. The van der Waals surface area contributed by atoms with Crippen molar-refractivity contribution in [2.75, 3.05) is 5.32 Å². The number of carboxylic acids is 1. The predicted octanol–water partition coefficient (Wildman–Crippen LogP) is 6.04. The number of hydrogen-bond acceptors (Lipinski definition) is 8. The van der Waals surface area contributed by atoms with Crippen LogP contribution < -0.4 is 10.1 Å². The Morgan fingerprint density at radius 2 is 1.87 bits per heavy atom. The smallest absolute Gasteiger partial charge is 0.412 e. The minimum absolute atomic E-state index is 0.0104. The van der Waals surface area contributed by atoms with Crippen LogP contribution in [0.3, 0.4) is 0 Å². The van der Waals surface area contributed by atoms with Gasteiger partial charge in [-0.1, -0.05) is 65.3 Å². The molecular formula is C28H23ClN4O6. The average molecular weight is 547 g/mol. The number of aromatic nitrogens is 2. The summed E-state index contributed by atoms with van der Waals surface area (Å²) in [5.41, 5.74) is 0.314. The van der Waals surface area contributed by atoms with Gasteiger partial charge in [0.05, 0.1) is 0 Å². The highest BCUT2D eigenvalue weighted by Gasteiger charge is 2.36. The molecule has 0 aliphatic rings. The summed E-state index contributed by atoms with van der Waals surface area (Å²) in [5.74, 6) is -1.33. The molecule has 0 fully saturated rings. The Morgan fingerprint density at radius 1 is 1.15 bits per heavy atom. The van der Waals surface area contributed by atoms with Gasteiger partial charge >= 0.3 is 12.1 Å². The molecule has 11 heteroatoms. The van der Waals surface area contributed by atoms with Crippen molar-refractivity contribution in [3.05, 3.63) is 94.8 Å². The van der Waals surface area contributed by atoms with Crippen molar-refractivity contribution in [2.24, 2.45) is 0 Å². The van der Waals surface area contributed by atoms with Gasteiger partial charge in [0.25, 0.3) is 5.76 Å². The van der Waals surface area contributed by atoms with E-state index in [0.717, 1.165) is 5.56 Å². The largest absolute Gasteiger partial charge is 0.478 e. The fourth-order valence-electron chi connectivity index (χ4n) is 3.79. The number of anilines is 1. The van der Waals surface area contributed by atoms with E-state index in [0.29, 0.717) is 16.1 Å². The van der Waals surface area contributed by atoms with Gasteiger partial charge in [-0.2, -0.15) is 5.26 Å². The van der Waals surface area contributed by atoms with Gasteiger partial charge in [-0.15, -0.1) is 0 Å². The van der Waals surface area contributed by atoms with Crippen LogP contribution >= 0.6 is 11.6 Å². The lowest BCUT2D eigenvalue weighted by Crippen LogP contribution is -2.43. The first-order chi connectivity index (χ1) is 18.7. The number of rotatable bonds is 9. The molecule has 4 rings (SSSR count). The molecule has 0 saturated heterocycles. The van der Waals surface area contributed by atoms with Crippen molar-refractivity contribution in [1.82, 2.24) is 10.1 Å². The van der Waals surface area contributed by atoms with Crippen LogP contribution in [0.15, 0.2) is 77.4 Å². The summed E-state index contributed by atoms with van der Waals surface area (Å²) in [6.45, 7) is 3.12. The van der Waals surface area contributed by atoms with E-state index in [1.807, 2.05) is 36.4 Å². The minimum atomic E-state index is -1.58. The number of carbonyl (C=O) groups excluding carboxylic acids is 1. The highest BCUT2D eigenvalue weighted by molar-refractivity contribution is 6.31. The van der Waals surface area contributed by atoms with Gasteiger partial charge in [0.2, 0.25) is 11.5 Å². The lowest BCUT2D eigenvalue weighted by molar-refractivity contribution is -0.153. The Hall–Kier alpha value is -4.88. The Morgan fingerprint density at radius 3 is 2.51 bits per heavy atom. The predicted molar refractivity (Wildman–Crippen MR) is 141 cm³/mol. The number of hydrogen-bond donors (Lipinski definition) is 2. The van der Waals surface area contributed by atoms with Crippen LogP contribution in [0.4, 0.5) is 10.5 Å². The molecule has 0 spiro atoms. The summed E-state index contributed by atoms with van der Waals surface area (Å²) < 4.78 is 16.3. The monoisotopic (exact) mass is 546 g/mol. The zero-order chi connectivity index (χ0) is 28.0. The van der Waals surface area contributed by atoms with Gasteiger partial charge in [-0.25, -0.2) is 14.6 Å². The molecule has 0 saturated carbocycles. The molecule has 2 aromatic carbocycles. The zero-order valence-corrected chi connectivity index (χ0v) is 21.7. The summed E-state index contributed by atoms with van der Waals surface area (Å²) in [4.78, 5) is 28.9. The van der Waals surface area contributed by atoms with E-state index in [4.69, 9.17) is 25.6 Å². The summed E-state index contributed by atoms with van der Waals surface area (Å²) >= 11 is 6.18. The molecule has 198 valence electrons. The van der Waals surface area contributed by atoms with Crippen molar-refractivity contribution >= 4 is 29.4 Å². The number of carbonyl (C=O) groups is 2. The maximum absolute atomic E-state index is 12.6. The Balaban J connectivity index is 1.51. The van der Waals surface area contributed by atoms with Crippen LogP contribution in [0.2, 0.25) is 5.02 Å². The molecule has 0 bridgehead atoms. The molecule has 4 aromatic rings. The standard InChI is InChI=1S/C28H23ClN4O6/c1-17(20-10-6-7-11-21(20)29)37-27(36)32-25-22(15-30)39-33-24(25)19-12-13-23(31-16-19)38-28(2,26(34)35)14-18-8-4-3-5-9-18/h3-13,16-17H,14H2,1-2H3,(H,32,36)(H,34,35). The number of nitrogens with zero attached hydrogens (tertiary/aromatic N) is 3. The van der Waals surface area contributed by atoms with Crippen molar-refractivity contribution in [3.63, 3.8) is 0 Å². The van der Waals surface area contributed by atoms with Gasteiger partial charge in [0.1, 0.15) is 23.6 Å². The second-order valence-corrected chi connectivity index (χ2v) is 9.13. The number of nitrogens with one attached hydrogen (secondary N) is 1. The molecular weight excluding hydrogens is 524 g/mol. The quantitative estimate of drug-likeness (QED) is 0.256. The van der Waals surface area contributed by atoms with Gasteiger partial charge in [-0.05, 0) is 31.5 Å². The molecule has 2 unspecified atom stereocenters. The average Bonchev–Trinajstić information content (AvgIpc) is 3.32. The van der Waals surface area contributed by atoms with E-state index in [1.54, 1.807) is 37.3 Å².